The van der Waals surface area contributed by atoms with Crippen LogP contribution in [0.1, 0.15) is 52.0 Å². The van der Waals surface area contributed by atoms with Gasteiger partial charge in [0.15, 0.2) is 5.16 Å². The minimum Gasteiger partial charge on any atom is -0.335 e. The Hall–Kier alpha value is -2.35. The fourth-order valence-electron chi connectivity index (χ4n) is 3.44. The Bertz CT molecular complexity index is 919. The molecule has 0 spiro atoms. The van der Waals surface area contributed by atoms with Crippen molar-refractivity contribution in [2.45, 2.75) is 63.2 Å². The SMILES string of the molecule is CC(C)n1c(SCC(=O)NC(=O)NC2CCCCC2)nc2ccccc2c1=O. The second-order valence-electron chi connectivity index (χ2n) is 7.33. The zero-order valence-corrected chi connectivity index (χ0v) is 17.1. The molecular weight excluding hydrogens is 376 g/mol. The van der Waals surface area contributed by atoms with Crippen molar-refractivity contribution in [1.29, 1.82) is 0 Å². The molecule has 0 radical (unpaired) electrons. The molecule has 0 atom stereocenters. The molecule has 1 fully saturated rings. The Morgan fingerprint density at radius 3 is 2.64 bits per heavy atom. The number of amides is 3. The first-order chi connectivity index (χ1) is 13.5. The van der Waals surface area contributed by atoms with Gasteiger partial charge in [-0.25, -0.2) is 9.78 Å². The third-order valence-electron chi connectivity index (χ3n) is 4.82. The van der Waals surface area contributed by atoms with Gasteiger partial charge < -0.3 is 5.32 Å². The van der Waals surface area contributed by atoms with Crippen LogP contribution >= 0.6 is 11.8 Å². The Morgan fingerprint density at radius 1 is 1.21 bits per heavy atom. The van der Waals surface area contributed by atoms with Crippen LogP contribution in [0.3, 0.4) is 0 Å². The van der Waals surface area contributed by atoms with Crippen molar-refractivity contribution in [2.75, 3.05) is 5.75 Å². The Labute approximate surface area is 168 Å². The predicted octanol–water partition coefficient (Wildman–Crippen LogP) is 3.23. The second kappa shape index (κ2) is 9.23. The highest BCUT2D eigenvalue weighted by molar-refractivity contribution is 7.99. The summed E-state index contributed by atoms with van der Waals surface area (Å²) < 4.78 is 1.59. The van der Waals surface area contributed by atoms with Gasteiger partial charge in [-0.15, -0.1) is 0 Å². The molecule has 2 N–H and O–H groups in total. The average Bonchev–Trinajstić information content (AvgIpc) is 2.67. The van der Waals surface area contributed by atoms with Crippen molar-refractivity contribution in [3.8, 4) is 0 Å². The van der Waals surface area contributed by atoms with E-state index in [1.54, 1.807) is 22.8 Å². The quantitative estimate of drug-likeness (QED) is 0.592. The molecular formula is C20H26N4O3S. The smallest absolute Gasteiger partial charge is 0.321 e. The van der Waals surface area contributed by atoms with Crippen molar-refractivity contribution >= 4 is 34.6 Å². The summed E-state index contributed by atoms with van der Waals surface area (Å²) in [4.78, 5) is 41.5. The normalized spacial score (nSPS) is 15.0. The first-order valence-corrected chi connectivity index (χ1v) is 10.7. The lowest BCUT2D eigenvalue weighted by Gasteiger charge is -2.22. The molecule has 3 rings (SSSR count). The molecule has 1 aliphatic rings. The third-order valence-corrected chi connectivity index (χ3v) is 5.77. The molecule has 0 saturated heterocycles. The average molecular weight is 403 g/mol. The van der Waals surface area contributed by atoms with E-state index in [0.29, 0.717) is 16.1 Å². The Kier molecular flexibility index (Phi) is 6.72. The maximum Gasteiger partial charge on any atom is 0.321 e. The van der Waals surface area contributed by atoms with Gasteiger partial charge in [-0.05, 0) is 38.8 Å². The summed E-state index contributed by atoms with van der Waals surface area (Å²) in [5.41, 5.74) is 0.473. The maximum atomic E-state index is 12.8. The number of imide groups is 1. The van der Waals surface area contributed by atoms with E-state index in [0.717, 1.165) is 37.4 Å². The number of carbonyl (C=O) groups is 2. The Balaban J connectivity index is 1.65. The molecule has 1 aromatic carbocycles. The second-order valence-corrected chi connectivity index (χ2v) is 8.27. The van der Waals surface area contributed by atoms with E-state index in [9.17, 15) is 14.4 Å². The van der Waals surface area contributed by atoms with Crippen LogP contribution in [0.15, 0.2) is 34.2 Å². The van der Waals surface area contributed by atoms with Crippen molar-refractivity contribution in [1.82, 2.24) is 20.2 Å². The number of thioether (sulfide) groups is 1. The molecule has 0 unspecified atom stereocenters. The minimum absolute atomic E-state index is 0.00951. The highest BCUT2D eigenvalue weighted by Gasteiger charge is 2.18. The van der Waals surface area contributed by atoms with Gasteiger partial charge in [-0.3, -0.25) is 19.5 Å². The van der Waals surface area contributed by atoms with E-state index >= 15 is 0 Å². The number of para-hydroxylation sites is 1. The van der Waals surface area contributed by atoms with Crippen LogP contribution in [0.5, 0.6) is 0 Å². The monoisotopic (exact) mass is 402 g/mol. The van der Waals surface area contributed by atoms with E-state index in [-0.39, 0.29) is 23.4 Å². The van der Waals surface area contributed by atoms with Crippen LogP contribution in [0, 0.1) is 0 Å². The molecule has 0 aliphatic heterocycles. The number of nitrogens with one attached hydrogen (secondary N) is 2. The summed E-state index contributed by atoms with van der Waals surface area (Å²) in [5.74, 6) is -0.397. The fourth-order valence-corrected chi connectivity index (χ4v) is 4.37. The first kappa shape index (κ1) is 20.4. The predicted molar refractivity (Wildman–Crippen MR) is 111 cm³/mol. The molecule has 0 bridgehead atoms. The fraction of sp³-hybridized carbons (Fsp3) is 0.500. The number of hydrogen-bond donors (Lipinski definition) is 2. The zero-order valence-electron chi connectivity index (χ0n) is 16.2. The molecule has 8 heteroatoms. The molecule has 1 saturated carbocycles. The number of carbonyl (C=O) groups excluding carboxylic acids is 2. The van der Waals surface area contributed by atoms with Gasteiger partial charge in [0, 0.05) is 12.1 Å². The minimum atomic E-state index is -0.453. The zero-order chi connectivity index (χ0) is 20.1. The van der Waals surface area contributed by atoms with Crippen LogP contribution in [-0.2, 0) is 4.79 Å². The molecule has 1 aromatic heterocycles. The van der Waals surface area contributed by atoms with E-state index in [4.69, 9.17) is 0 Å². The summed E-state index contributed by atoms with van der Waals surface area (Å²) in [6.07, 6.45) is 5.33. The van der Waals surface area contributed by atoms with Crippen LogP contribution in [-0.4, -0.2) is 33.3 Å². The molecule has 1 heterocycles. The molecule has 3 amide bonds. The third kappa shape index (κ3) is 4.92. The summed E-state index contributed by atoms with van der Waals surface area (Å²) in [5, 5.41) is 6.26. The lowest BCUT2D eigenvalue weighted by Crippen LogP contribution is -2.45. The van der Waals surface area contributed by atoms with Crippen LogP contribution in [0.4, 0.5) is 4.79 Å². The summed E-state index contributed by atoms with van der Waals surface area (Å²) in [7, 11) is 0. The van der Waals surface area contributed by atoms with Crippen molar-refractivity contribution in [2.24, 2.45) is 0 Å². The van der Waals surface area contributed by atoms with Crippen molar-refractivity contribution in [3.05, 3.63) is 34.6 Å². The van der Waals surface area contributed by atoms with E-state index in [2.05, 4.69) is 15.6 Å². The molecule has 2 aromatic rings. The number of nitrogens with zero attached hydrogens (tertiary/aromatic N) is 2. The Morgan fingerprint density at radius 2 is 1.93 bits per heavy atom. The molecule has 150 valence electrons. The van der Waals surface area contributed by atoms with E-state index < -0.39 is 11.9 Å². The lowest BCUT2D eigenvalue weighted by molar-refractivity contribution is -0.117. The van der Waals surface area contributed by atoms with Crippen molar-refractivity contribution < 1.29 is 9.59 Å². The summed E-state index contributed by atoms with van der Waals surface area (Å²) in [6, 6.07) is 6.76. The van der Waals surface area contributed by atoms with Crippen molar-refractivity contribution in [3.63, 3.8) is 0 Å². The van der Waals surface area contributed by atoms with Gasteiger partial charge in [-0.1, -0.05) is 43.2 Å². The highest BCUT2D eigenvalue weighted by Crippen LogP contribution is 2.21. The van der Waals surface area contributed by atoms with E-state index in [1.165, 1.54) is 6.42 Å². The first-order valence-electron chi connectivity index (χ1n) is 9.70. The van der Waals surface area contributed by atoms with Crippen LogP contribution < -0.4 is 16.2 Å². The number of rotatable bonds is 5. The maximum absolute atomic E-state index is 12.8. The topological polar surface area (TPSA) is 93.1 Å². The summed E-state index contributed by atoms with van der Waals surface area (Å²) >= 11 is 1.16. The van der Waals surface area contributed by atoms with Crippen LogP contribution in [0.25, 0.3) is 10.9 Å². The van der Waals surface area contributed by atoms with Gasteiger partial charge >= 0.3 is 6.03 Å². The number of fused-ring (bicyclic) bond motifs is 1. The van der Waals surface area contributed by atoms with Gasteiger partial charge in [0.2, 0.25) is 5.91 Å². The highest BCUT2D eigenvalue weighted by atomic mass is 32.2. The van der Waals surface area contributed by atoms with E-state index in [1.807, 2.05) is 19.9 Å². The van der Waals surface area contributed by atoms with Gasteiger partial charge in [0.25, 0.3) is 5.56 Å². The standard InChI is InChI=1S/C20H26N4O3S/c1-13(2)24-18(26)15-10-6-7-11-16(15)22-20(24)28-12-17(25)23-19(27)21-14-8-4-3-5-9-14/h6-7,10-11,13-14H,3-5,8-9,12H2,1-2H3,(H2,21,23,25,27). The van der Waals surface area contributed by atoms with Crippen LogP contribution in [0.2, 0.25) is 0 Å². The summed E-state index contributed by atoms with van der Waals surface area (Å²) in [6.45, 7) is 3.80. The number of hydrogen-bond acceptors (Lipinski definition) is 5. The number of urea groups is 1. The van der Waals surface area contributed by atoms with Gasteiger partial charge in [0.1, 0.15) is 0 Å². The number of aromatic nitrogens is 2. The van der Waals surface area contributed by atoms with Gasteiger partial charge in [-0.2, -0.15) is 0 Å². The lowest BCUT2D eigenvalue weighted by atomic mass is 9.96. The molecule has 28 heavy (non-hydrogen) atoms. The molecule has 1 aliphatic carbocycles. The van der Waals surface area contributed by atoms with Gasteiger partial charge in [0.05, 0.1) is 16.7 Å². The largest absolute Gasteiger partial charge is 0.335 e. The number of benzene rings is 1. The molecule has 7 nitrogen and oxygen atoms in total.